The lowest BCUT2D eigenvalue weighted by atomic mass is 10.1. The van der Waals surface area contributed by atoms with E-state index >= 15 is 0 Å². The van der Waals surface area contributed by atoms with Crippen LogP contribution in [0.15, 0.2) is 71.9 Å². The van der Waals surface area contributed by atoms with Gasteiger partial charge in [0, 0.05) is 22.0 Å². The van der Waals surface area contributed by atoms with Crippen LogP contribution in [0.2, 0.25) is 5.02 Å². The fraction of sp³-hybridized carbons (Fsp3) is 0.192. The highest BCUT2D eigenvalue weighted by atomic mass is 35.5. The molecule has 0 radical (unpaired) electrons. The molecule has 0 saturated heterocycles. The molecule has 34 heavy (non-hydrogen) atoms. The van der Waals surface area contributed by atoms with E-state index in [0.29, 0.717) is 28.3 Å². The van der Waals surface area contributed by atoms with Crippen molar-refractivity contribution in [1.82, 2.24) is 14.8 Å². The molecule has 4 aromatic rings. The normalized spacial score (nSPS) is 10.8. The van der Waals surface area contributed by atoms with Gasteiger partial charge in [0.05, 0.1) is 12.4 Å². The Bertz CT molecular complexity index is 1290. The molecule has 174 valence electrons. The smallest absolute Gasteiger partial charge is 0.234 e. The summed E-state index contributed by atoms with van der Waals surface area (Å²) in [6.45, 7) is 6.47. The molecule has 3 aromatic carbocycles. The van der Waals surface area contributed by atoms with Crippen LogP contribution in [0.4, 0.5) is 5.69 Å². The molecule has 0 unspecified atom stereocenters. The molecular formula is C26H25ClN4O2S. The average Bonchev–Trinajstić information content (AvgIpc) is 3.26. The Labute approximate surface area is 208 Å². The topological polar surface area (TPSA) is 69.0 Å². The van der Waals surface area contributed by atoms with Gasteiger partial charge in [0.2, 0.25) is 5.91 Å². The highest BCUT2D eigenvalue weighted by molar-refractivity contribution is 7.99. The van der Waals surface area contributed by atoms with E-state index in [4.69, 9.17) is 16.3 Å². The summed E-state index contributed by atoms with van der Waals surface area (Å²) in [5, 5.41) is 13.0. The Morgan fingerprint density at radius 2 is 1.76 bits per heavy atom. The van der Waals surface area contributed by atoms with Gasteiger partial charge in [-0.2, -0.15) is 0 Å². The summed E-state index contributed by atoms with van der Waals surface area (Å²) in [6, 6.07) is 21.3. The van der Waals surface area contributed by atoms with Gasteiger partial charge in [-0.15, -0.1) is 10.2 Å². The fourth-order valence-corrected chi connectivity index (χ4v) is 4.33. The van der Waals surface area contributed by atoms with Crippen LogP contribution < -0.4 is 10.1 Å². The third-order valence-corrected chi connectivity index (χ3v) is 6.56. The zero-order chi connectivity index (χ0) is 24.1. The number of aromatic nitrogens is 3. The molecule has 8 heteroatoms. The summed E-state index contributed by atoms with van der Waals surface area (Å²) in [5.41, 5.74) is 4.53. The number of hydrogen-bond acceptors (Lipinski definition) is 5. The monoisotopic (exact) mass is 492 g/mol. The Hall–Kier alpha value is -3.29. The molecule has 0 bridgehead atoms. The SMILES string of the molecule is CCOc1ccc(-n2c(SCC(=O)Nc3cccc(Cl)c3C)nnc2-c2ccc(C)cc2)cc1. The molecule has 0 spiro atoms. The van der Waals surface area contributed by atoms with Gasteiger partial charge < -0.3 is 10.1 Å². The number of carbonyl (C=O) groups excluding carboxylic acids is 1. The molecule has 1 amide bonds. The van der Waals surface area contributed by atoms with Crippen molar-refractivity contribution in [2.24, 2.45) is 0 Å². The number of ether oxygens (including phenoxy) is 1. The molecule has 0 aliphatic carbocycles. The first-order valence-corrected chi connectivity index (χ1v) is 12.3. The minimum Gasteiger partial charge on any atom is -0.494 e. The first-order valence-electron chi connectivity index (χ1n) is 10.9. The Morgan fingerprint density at radius 1 is 1.03 bits per heavy atom. The van der Waals surface area contributed by atoms with E-state index < -0.39 is 0 Å². The maximum Gasteiger partial charge on any atom is 0.234 e. The molecule has 0 atom stereocenters. The van der Waals surface area contributed by atoms with Crippen molar-refractivity contribution in [1.29, 1.82) is 0 Å². The van der Waals surface area contributed by atoms with E-state index in [1.54, 1.807) is 6.07 Å². The third-order valence-electron chi connectivity index (χ3n) is 5.22. The molecule has 1 heterocycles. The van der Waals surface area contributed by atoms with E-state index in [0.717, 1.165) is 22.6 Å². The number of carbonyl (C=O) groups is 1. The first-order chi connectivity index (χ1) is 16.5. The van der Waals surface area contributed by atoms with Crippen molar-refractivity contribution in [2.45, 2.75) is 25.9 Å². The quantitative estimate of drug-likeness (QED) is 0.291. The number of nitrogens with zero attached hydrogens (tertiary/aromatic N) is 3. The molecule has 0 aliphatic heterocycles. The second-order valence-corrected chi connectivity index (χ2v) is 9.03. The van der Waals surface area contributed by atoms with Gasteiger partial charge in [0.1, 0.15) is 5.75 Å². The van der Waals surface area contributed by atoms with E-state index in [9.17, 15) is 4.79 Å². The van der Waals surface area contributed by atoms with Crippen LogP contribution in [-0.2, 0) is 4.79 Å². The number of halogens is 1. The van der Waals surface area contributed by atoms with E-state index in [1.807, 2.05) is 86.0 Å². The van der Waals surface area contributed by atoms with Crippen LogP contribution in [0.3, 0.4) is 0 Å². The largest absolute Gasteiger partial charge is 0.494 e. The lowest BCUT2D eigenvalue weighted by Gasteiger charge is -2.12. The van der Waals surface area contributed by atoms with Gasteiger partial charge in [-0.05, 0) is 62.7 Å². The number of aryl methyl sites for hydroxylation is 1. The summed E-state index contributed by atoms with van der Waals surface area (Å²) in [6.07, 6.45) is 0. The summed E-state index contributed by atoms with van der Waals surface area (Å²) in [4.78, 5) is 12.7. The number of anilines is 1. The average molecular weight is 493 g/mol. The van der Waals surface area contributed by atoms with Crippen LogP contribution in [0.25, 0.3) is 17.1 Å². The zero-order valence-electron chi connectivity index (χ0n) is 19.2. The first kappa shape index (κ1) is 23.9. The van der Waals surface area contributed by atoms with Crippen molar-refractivity contribution < 1.29 is 9.53 Å². The summed E-state index contributed by atoms with van der Waals surface area (Å²) in [7, 11) is 0. The van der Waals surface area contributed by atoms with Crippen molar-refractivity contribution in [3.05, 3.63) is 82.9 Å². The van der Waals surface area contributed by atoms with Gasteiger partial charge in [0.25, 0.3) is 0 Å². The number of nitrogens with one attached hydrogen (secondary N) is 1. The zero-order valence-corrected chi connectivity index (χ0v) is 20.8. The van der Waals surface area contributed by atoms with Crippen molar-refractivity contribution in [3.63, 3.8) is 0 Å². The number of thioether (sulfide) groups is 1. The van der Waals surface area contributed by atoms with Crippen molar-refractivity contribution in [2.75, 3.05) is 17.7 Å². The molecule has 0 fully saturated rings. The predicted octanol–water partition coefficient (Wildman–Crippen LogP) is 6.33. The standard InChI is InChI=1S/C26H25ClN4O2S/c1-4-33-21-14-12-20(13-15-21)31-25(19-10-8-17(2)9-11-19)29-30-26(31)34-16-24(32)28-23-7-5-6-22(27)18(23)3/h5-15H,4,16H2,1-3H3,(H,28,32). The van der Waals surface area contributed by atoms with Crippen molar-refractivity contribution >= 4 is 35.0 Å². The molecule has 1 aromatic heterocycles. The van der Waals surface area contributed by atoms with Crippen LogP contribution in [0.1, 0.15) is 18.1 Å². The fourth-order valence-electron chi connectivity index (χ4n) is 3.40. The summed E-state index contributed by atoms with van der Waals surface area (Å²) < 4.78 is 7.54. The molecule has 6 nitrogen and oxygen atoms in total. The lowest BCUT2D eigenvalue weighted by molar-refractivity contribution is -0.113. The van der Waals surface area contributed by atoms with Crippen LogP contribution in [-0.4, -0.2) is 33.0 Å². The van der Waals surface area contributed by atoms with Gasteiger partial charge in [-0.1, -0.05) is 59.3 Å². The van der Waals surface area contributed by atoms with Gasteiger partial charge in [-0.3, -0.25) is 9.36 Å². The van der Waals surface area contributed by atoms with Gasteiger partial charge in [-0.25, -0.2) is 0 Å². The number of hydrogen-bond donors (Lipinski definition) is 1. The summed E-state index contributed by atoms with van der Waals surface area (Å²) >= 11 is 7.50. The predicted molar refractivity (Wildman–Crippen MR) is 138 cm³/mol. The molecule has 0 aliphatic rings. The maximum absolute atomic E-state index is 12.7. The van der Waals surface area contributed by atoms with Crippen molar-refractivity contribution in [3.8, 4) is 22.8 Å². The maximum atomic E-state index is 12.7. The molecule has 4 rings (SSSR count). The Kier molecular flexibility index (Phi) is 7.55. The second kappa shape index (κ2) is 10.8. The lowest BCUT2D eigenvalue weighted by Crippen LogP contribution is -2.15. The minimum atomic E-state index is -0.145. The number of benzene rings is 3. The minimum absolute atomic E-state index is 0.145. The van der Waals surface area contributed by atoms with Crippen LogP contribution in [0, 0.1) is 13.8 Å². The van der Waals surface area contributed by atoms with E-state index in [-0.39, 0.29) is 11.7 Å². The van der Waals surface area contributed by atoms with Gasteiger partial charge in [0.15, 0.2) is 11.0 Å². The van der Waals surface area contributed by atoms with E-state index in [1.165, 1.54) is 17.3 Å². The van der Waals surface area contributed by atoms with Crippen LogP contribution >= 0.6 is 23.4 Å². The number of rotatable bonds is 8. The second-order valence-electron chi connectivity index (χ2n) is 7.68. The third kappa shape index (κ3) is 5.43. The summed E-state index contributed by atoms with van der Waals surface area (Å²) in [5.74, 6) is 1.53. The van der Waals surface area contributed by atoms with Gasteiger partial charge >= 0.3 is 0 Å². The molecule has 0 saturated carbocycles. The highest BCUT2D eigenvalue weighted by Gasteiger charge is 2.18. The van der Waals surface area contributed by atoms with Crippen LogP contribution in [0.5, 0.6) is 5.75 Å². The molecular weight excluding hydrogens is 468 g/mol. The highest BCUT2D eigenvalue weighted by Crippen LogP contribution is 2.30. The van der Waals surface area contributed by atoms with E-state index in [2.05, 4.69) is 15.5 Å². The Balaban J connectivity index is 1.61. The molecule has 1 N–H and O–H groups in total. The number of amides is 1. The Morgan fingerprint density at radius 3 is 2.47 bits per heavy atom.